The summed E-state index contributed by atoms with van der Waals surface area (Å²) in [6.45, 7) is 2.28. The van der Waals surface area contributed by atoms with Crippen molar-refractivity contribution in [3.05, 3.63) is 23.0 Å². The third-order valence-electron chi connectivity index (χ3n) is 2.69. The van der Waals surface area contributed by atoms with Crippen molar-refractivity contribution in [1.82, 2.24) is 0 Å². The summed E-state index contributed by atoms with van der Waals surface area (Å²) in [6, 6.07) is 0. The van der Waals surface area contributed by atoms with Crippen LogP contribution in [0.15, 0.2) is 23.0 Å². The zero-order chi connectivity index (χ0) is 10.1. The van der Waals surface area contributed by atoms with Gasteiger partial charge in [0.2, 0.25) is 0 Å². The number of thiol groups is 1. The molecule has 0 aliphatic carbocycles. The first-order valence-electron chi connectivity index (χ1n) is 6.04. The lowest BCUT2D eigenvalue weighted by molar-refractivity contribution is 0.603. The minimum Gasteiger partial charge on any atom is -0.213 e. The van der Waals surface area contributed by atoms with Crippen molar-refractivity contribution in [2.75, 3.05) is 5.75 Å². The summed E-state index contributed by atoms with van der Waals surface area (Å²) in [6.07, 6.45) is 14.4. The molecule has 1 heterocycles. The van der Waals surface area contributed by atoms with E-state index in [2.05, 4.69) is 29.9 Å². The molecule has 0 saturated carbocycles. The summed E-state index contributed by atoms with van der Waals surface area (Å²) >= 11 is 0. The highest BCUT2D eigenvalue weighted by molar-refractivity contribution is 8.22. The zero-order valence-electron chi connectivity index (χ0n) is 9.41. The molecule has 1 rings (SSSR count). The standard InChI is InChI=1S/C13H24S/c1-2-3-4-5-6-7-8-11-14-12-9-10-13-14/h9-10,12-14H,2-8,11H2,1H3. The largest absolute Gasteiger partial charge is 0.213 e. The summed E-state index contributed by atoms with van der Waals surface area (Å²) < 4.78 is 0. The number of hydrogen-bond donors (Lipinski definition) is 1. The van der Waals surface area contributed by atoms with Crippen LogP contribution in [0, 0.1) is 0 Å². The molecule has 0 bridgehead atoms. The highest BCUT2D eigenvalue weighted by Crippen LogP contribution is 2.33. The van der Waals surface area contributed by atoms with Crippen LogP contribution >= 0.6 is 10.9 Å². The molecule has 0 aromatic carbocycles. The van der Waals surface area contributed by atoms with Gasteiger partial charge in [0, 0.05) is 0 Å². The average molecular weight is 212 g/mol. The van der Waals surface area contributed by atoms with Gasteiger partial charge in [-0.2, -0.15) is 0 Å². The number of rotatable bonds is 8. The molecule has 0 amide bonds. The Morgan fingerprint density at radius 3 is 2.00 bits per heavy atom. The predicted molar refractivity (Wildman–Crippen MR) is 70.1 cm³/mol. The molecule has 1 aliphatic rings. The van der Waals surface area contributed by atoms with Crippen LogP contribution in [0.1, 0.15) is 51.9 Å². The lowest BCUT2D eigenvalue weighted by atomic mass is 10.1. The highest BCUT2D eigenvalue weighted by atomic mass is 32.2. The molecule has 0 aromatic rings. The summed E-state index contributed by atoms with van der Waals surface area (Å²) in [4.78, 5) is 0. The fourth-order valence-corrected chi connectivity index (χ4v) is 3.40. The Bertz CT molecular complexity index is 170. The van der Waals surface area contributed by atoms with Crippen LogP contribution in [-0.4, -0.2) is 5.75 Å². The van der Waals surface area contributed by atoms with E-state index in [0.717, 1.165) is 0 Å². The Balaban J connectivity index is 1.80. The minimum atomic E-state index is 0.166. The molecule has 82 valence electrons. The van der Waals surface area contributed by atoms with E-state index >= 15 is 0 Å². The molecule has 0 radical (unpaired) electrons. The van der Waals surface area contributed by atoms with E-state index in [1.54, 1.807) is 0 Å². The Kier molecular flexibility index (Phi) is 6.94. The van der Waals surface area contributed by atoms with Crippen LogP contribution in [0.25, 0.3) is 0 Å². The second-order valence-corrected chi connectivity index (χ2v) is 6.11. The smallest absolute Gasteiger partial charge is 0.0185 e. The van der Waals surface area contributed by atoms with Gasteiger partial charge in [-0.05, 0) is 23.0 Å². The van der Waals surface area contributed by atoms with Gasteiger partial charge in [-0.3, -0.25) is 0 Å². The Morgan fingerprint density at radius 1 is 0.786 bits per heavy atom. The van der Waals surface area contributed by atoms with E-state index in [-0.39, 0.29) is 10.9 Å². The SMILES string of the molecule is CCCCCCCCC[SH]1C=CC=C1. The minimum absolute atomic E-state index is 0.166. The monoisotopic (exact) mass is 212 g/mol. The van der Waals surface area contributed by atoms with Crippen LogP contribution in [0.5, 0.6) is 0 Å². The molecule has 0 N–H and O–H groups in total. The molecule has 0 nitrogen and oxygen atoms in total. The van der Waals surface area contributed by atoms with Gasteiger partial charge in [-0.15, -0.1) is 0 Å². The fourth-order valence-electron chi connectivity index (χ4n) is 1.77. The average Bonchev–Trinajstić information content (AvgIpc) is 2.69. The van der Waals surface area contributed by atoms with Crippen molar-refractivity contribution in [2.45, 2.75) is 51.9 Å². The molecular formula is C13H24S. The maximum atomic E-state index is 2.38. The van der Waals surface area contributed by atoms with Crippen molar-refractivity contribution < 1.29 is 0 Å². The summed E-state index contributed by atoms with van der Waals surface area (Å²) in [5, 5.41) is 4.76. The molecule has 1 aliphatic heterocycles. The second-order valence-electron chi connectivity index (χ2n) is 4.04. The summed E-state index contributed by atoms with van der Waals surface area (Å²) in [5.41, 5.74) is 0. The topological polar surface area (TPSA) is 0 Å². The van der Waals surface area contributed by atoms with Crippen LogP contribution in [0.3, 0.4) is 0 Å². The predicted octanol–water partition coefficient (Wildman–Crippen LogP) is 4.78. The van der Waals surface area contributed by atoms with Crippen molar-refractivity contribution in [2.24, 2.45) is 0 Å². The van der Waals surface area contributed by atoms with Crippen molar-refractivity contribution in [3.8, 4) is 0 Å². The number of unbranched alkanes of at least 4 members (excludes halogenated alkanes) is 6. The molecule has 0 unspecified atom stereocenters. The van der Waals surface area contributed by atoms with Gasteiger partial charge in [0.15, 0.2) is 0 Å². The third-order valence-corrected chi connectivity index (χ3v) is 4.63. The second kappa shape index (κ2) is 8.16. The third kappa shape index (κ3) is 5.54. The van der Waals surface area contributed by atoms with Crippen LogP contribution in [0.2, 0.25) is 0 Å². The molecular weight excluding hydrogens is 188 g/mol. The van der Waals surface area contributed by atoms with Crippen LogP contribution in [-0.2, 0) is 0 Å². The lowest BCUT2D eigenvalue weighted by Crippen LogP contribution is -1.84. The summed E-state index contributed by atoms with van der Waals surface area (Å²) in [5.74, 6) is 1.43. The normalized spacial score (nSPS) is 16.8. The highest BCUT2D eigenvalue weighted by Gasteiger charge is 1.98. The molecule has 0 spiro atoms. The van der Waals surface area contributed by atoms with Crippen LogP contribution < -0.4 is 0 Å². The van der Waals surface area contributed by atoms with E-state index in [9.17, 15) is 0 Å². The van der Waals surface area contributed by atoms with E-state index in [1.165, 1.54) is 50.7 Å². The van der Waals surface area contributed by atoms with Gasteiger partial charge in [-0.25, -0.2) is 10.9 Å². The van der Waals surface area contributed by atoms with Gasteiger partial charge in [0.1, 0.15) is 0 Å². The molecule has 0 saturated heterocycles. The van der Waals surface area contributed by atoms with E-state index in [4.69, 9.17) is 0 Å². The van der Waals surface area contributed by atoms with E-state index in [0.29, 0.717) is 0 Å². The molecule has 0 fully saturated rings. The van der Waals surface area contributed by atoms with Crippen LogP contribution in [0.4, 0.5) is 0 Å². The maximum Gasteiger partial charge on any atom is -0.0185 e. The maximum absolute atomic E-state index is 2.38. The first-order chi connectivity index (χ1) is 6.93. The van der Waals surface area contributed by atoms with Crippen molar-refractivity contribution in [3.63, 3.8) is 0 Å². The Morgan fingerprint density at radius 2 is 1.36 bits per heavy atom. The number of hydrogen-bond acceptors (Lipinski definition) is 0. The van der Waals surface area contributed by atoms with Gasteiger partial charge < -0.3 is 0 Å². The first-order valence-corrected chi connectivity index (χ1v) is 7.70. The van der Waals surface area contributed by atoms with E-state index < -0.39 is 0 Å². The number of allylic oxidation sites excluding steroid dienone is 2. The van der Waals surface area contributed by atoms with Gasteiger partial charge in [0.25, 0.3) is 0 Å². The molecule has 1 heteroatoms. The van der Waals surface area contributed by atoms with Gasteiger partial charge >= 0.3 is 0 Å². The molecule has 0 atom stereocenters. The van der Waals surface area contributed by atoms with Crippen molar-refractivity contribution >= 4 is 10.9 Å². The Hall–Kier alpha value is -0.170. The summed E-state index contributed by atoms with van der Waals surface area (Å²) in [7, 11) is 0.166. The first kappa shape index (κ1) is 11.9. The Labute approximate surface area is 91.8 Å². The molecule has 0 aromatic heterocycles. The quantitative estimate of drug-likeness (QED) is 0.434. The lowest BCUT2D eigenvalue weighted by Gasteiger charge is -2.08. The van der Waals surface area contributed by atoms with Crippen molar-refractivity contribution in [1.29, 1.82) is 0 Å². The van der Waals surface area contributed by atoms with E-state index in [1.807, 2.05) is 0 Å². The molecule has 14 heavy (non-hydrogen) atoms. The zero-order valence-corrected chi connectivity index (χ0v) is 10.3. The van der Waals surface area contributed by atoms with Gasteiger partial charge in [0.05, 0.1) is 0 Å². The van der Waals surface area contributed by atoms with Gasteiger partial charge in [-0.1, -0.05) is 57.6 Å². The fraction of sp³-hybridized carbons (Fsp3) is 0.692.